The predicted octanol–water partition coefficient (Wildman–Crippen LogP) is 6.48. The van der Waals surface area contributed by atoms with Crippen molar-refractivity contribution in [3.63, 3.8) is 0 Å². The molecule has 0 atom stereocenters. The molecular formula is C24H25Cl2N3O3. The molecule has 8 heteroatoms. The first-order valence-electron chi connectivity index (χ1n) is 10.8. The third kappa shape index (κ3) is 4.62. The molecule has 1 aliphatic carbocycles. The highest BCUT2D eigenvalue weighted by molar-refractivity contribution is 6.37. The number of hydrogen-bond donors (Lipinski definition) is 2. The number of pyridine rings is 2. The van der Waals surface area contributed by atoms with Crippen LogP contribution in [0, 0.1) is 5.92 Å². The van der Waals surface area contributed by atoms with E-state index >= 15 is 0 Å². The van der Waals surface area contributed by atoms with Crippen LogP contribution in [0.4, 0.5) is 5.69 Å². The first-order chi connectivity index (χ1) is 15.4. The highest BCUT2D eigenvalue weighted by Gasteiger charge is 2.24. The van der Waals surface area contributed by atoms with E-state index in [4.69, 9.17) is 32.9 Å². The van der Waals surface area contributed by atoms with Gasteiger partial charge in [-0.25, -0.2) is 9.78 Å². The summed E-state index contributed by atoms with van der Waals surface area (Å²) in [5.41, 5.74) is 3.48. The molecule has 1 aromatic carbocycles. The molecule has 1 fully saturated rings. The molecule has 0 aliphatic heterocycles. The highest BCUT2D eigenvalue weighted by Crippen LogP contribution is 2.37. The fraction of sp³-hybridized carbons (Fsp3) is 0.375. The summed E-state index contributed by atoms with van der Waals surface area (Å²) < 4.78 is 5.27. The van der Waals surface area contributed by atoms with E-state index in [-0.39, 0.29) is 28.4 Å². The maximum absolute atomic E-state index is 12.7. The number of halogens is 2. The number of esters is 1. The number of anilines is 1. The lowest BCUT2D eigenvalue weighted by molar-refractivity contribution is 0.0527. The van der Waals surface area contributed by atoms with Crippen molar-refractivity contribution in [2.75, 3.05) is 11.9 Å². The molecule has 0 spiro atoms. The van der Waals surface area contributed by atoms with Crippen molar-refractivity contribution in [2.24, 2.45) is 5.92 Å². The van der Waals surface area contributed by atoms with E-state index in [2.05, 4.69) is 17.2 Å². The lowest BCUT2D eigenvalue weighted by Gasteiger charge is -2.28. The Bertz CT molecular complexity index is 1140. The number of benzene rings is 1. The van der Waals surface area contributed by atoms with Crippen molar-refractivity contribution in [3.8, 4) is 17.0 Å². The minimum atomic E-state index is -0.434. The van der Waals surface area contributed by atoms with Crippen LogP contribution in [0.1, 0.15) is 49.9 Å². The van der Waals surface area contributed by atoms with Crippen molar-refractivity contribution in [1.82, 2.24) is 9.97 Å². The number of carbonyl (C=O) groups excluding carboxylic acids is 1. The first-order valence-corrected chi connectivity index (χ1v) is 11.5. The third-order valence-corrected chi connectivity index (χ3v) is 6.46. The summed E-state index contributed by atoms with van der Waals surface area (Å²) >= 11 is 12.2. The number of fused-ring (bicyclic) bond motifs is 1. The number of hydrogen-bond acceptors (Lipinski definition) is 6. The smallest absolute Gasteiger partial charge is 0.341 e. The van der Waals surface area contributed by atoms with Gasteiger partial charge in [0.25, 0.3) is 0 Å². The second-order valence-corrected chi connectivity index (χ2v) is 9.04. The zero-order valence-corrected chi connectivity index (χ0v) is 19.5. The second kappa shape index (κ2) is 9.51. The number of aromatic nitrogens is 2. The van der Waals surface area contributed by atoms with Gasteiger partial charge in [0.15, 0.2) is 5.75 Å². The van der Waals surface area contributed by atoms with Crippen LogP contribution in [-0.2, 0) is 4.74 Å². The van der Waals surface area contributed by atoms with Gasteiger partial charge < -0.3 is 15.2 Å². The molecule has 3 aromatic rings. The van der Waals surface area contributed by atoms with Crippen molar-refractivity contribution in [2.45, 2.75) is 45.6 Å². The topological polar surface area (TPSA) is 84.3 Å². The van der Waals surface area contributed by atoms with E-state index in [1.165, 1.54) is 0 Å². The standard InChI is InChI=1S/C24H25Cl2N3O3/c1-3-32-24(31)16-12-27-20-9-8-19(14-10-17(25)23(30)18(26)11-14)29-22(20)21(16)28-15-6-4-13(2)5-7-15/h8-13,15,30H,3-7H2,1-2H3,(H,27,28). The molecule has 6 nitrogen and oxygen atoms in total. The fourth-order valence-electron chi connectivity index (χ4n) is 4.06. The average Bonchev–Trinajstić information content (AvgIpc) is 2.78. The van der Waals surface area contributed by atoms with Gasteiger partial charge in [-0.05, 0) is 62.8 Å². The van der Waals surface area contributed by atoms with Gasteiger partial charge >= 0.3 is 5.97 Å². The Labute approximate surface area is 196 Å². The van der Waals surface area contributed by atoms with Gasteiger partial charge in [0, 0.05) is 17.8 Å². The summed E-state index contributed by atoms with van der Waals surface area (Å²) in [6, 6.07) is 7.11. The third-order valence-electron chi connectivity index (χ3n) is 5.89. The normalized spacial score (nSPS) is 18.5. The predicted molar refractivity (Wildman–Crippen MR) is 128 cm³/mol. The molecule has 0 saturated heterocycles. The van der Waals surface area contributed by atoms with Crippen molar-refractivity contribution >= 4 is 45.9 Å². The Balaban J connectivity index is 1.83. The molecule has 2 N–H and O–H groups in total. The zero-order chi connectivity index (χ0) is 22.8. The number of phenols is 1. The molecule has 1 saturated carbocycles. The maximum atomic E-state index is 12.7. The van der Waals surface area contributed by atoms with Gasteiger partial charge in [-0.15, -0.1) is 0 Å². The van der Waals surface area contributed by atoms with Crippen LogP contribution in [0.15, 0.2) is 30.5 Å². The molecule has 2 heterocycles. The number of ether oxygens (including phenoxy) is 1. The summed E-state index contributed by atoms with van der Waals surface area (Å²) in [7, 11) is 0. The average molecular weight is 474 g/mol. The zero-order valence-electron chi connectivity index (χ0n) is 18.0. The minimum Gasteiger partial charge on any atom is -0.505 e. The van der Waals surface area contributed by atoms with Crippen LogP contribution in [0.25, 0.3) is 22.3 Å². The van der Waals surface area contributed by atoms with E-state index in [0.717, 1.165) is 25.7 Å². The summed E-state index contributed by atoms with van der Waals surface area (Å²) in [6.07, 6.45) is 5.87. The number of phenolic OH excluding ortho intramolecular Hbond substituents is 1. The Kier molecular flexibility index (Phi) is 6.72. The molecule has 168 valence electrons. The number of rotatable bonds is 5. The van der Waals surface area contributed by atoms with Gasteiger partial charge in [-0.3, -0.25) is 4.98 Å². The van der Waals surface area contributed by atoms with Crippen LogP contribution in [0.2, 0.25) is 10.0 Å². The van der Waals surface area contributed by atoms with E-state index in [0.29, 0.717) is 39.5 Å². The van der Waals surface area contributed by atoms with E-state index in [1.54, 1.807) is 25.3 Å². The molecule has 2 aromatic heterocycles. The lowest BCUT2D eigenvalue weighted by Crippen LogP contribution is -2.26. The summed E-state index contributed by atoms with van der Waals surface area (Å²) in [4.78, 5) is 21.9. The molecule has 0 amide bonds. The fourth-order valence-corrected chi connectivity index (χ4v) is 4.55. The van der Waals surface area contributed by atoms with E-state index < -0.39 is 5.97 Å². The minimum absolute atomic E-state index is 0.141. The van der Waals surface area contributed by atoms with Crippen molar-refractivity contribution < 1.29 is 14.6 Å². The lowest BCUT2D eigenvalue weighted by atomic mass is 9.87. The molecular weight excluding hydrogens is 449 g/mol. The molecule has 4 rings (SSSR count). The highest BCUT2D eigenvalue weighted by atomic mass is 35.5. The maximum Gasteiger partial charge on any atom is 0.341 e. The van der Waals surface area contributed by atoms with Crippen LogP contribution in [-0.4, -0.2) is 33.7 Å². The number of nitrogens with zero attached hydrogens (tertiary/aromatic N) is 2. The van der Waals surface area contributed by atoms with Crippen LogP contribution >= 0.6 is 23.2 Å². The monoisotopic (exact) mass is 473 g/mol. The molecule has 32 heavy (non-hydrogen) atoms. The Morgan fingerprint density at radius 1 is 1.19 bits per heavy atom. The number of nitrogens with one attached hydrogen (secondary N) is 1. The van der Waals surface area contributed by atoms with Crippen LogP contribution < -0.4 is 5.32 Å². The van der Waals surface area contributed by atoms with Gasteiger partial charge in [-0.2, -0.15) is 0 Å². The quantitative estimate of drug-likeness (QED) is 0.412. The Morgan fingerprint density at radius 2 is 1.88 bits per heavy atom. The largest absolute Gasteiger partial charge is 0.505 e. The second-order valence-electron chi connectivity index (χ2n) is 8.22. The van der Waals surface area contributed by atoms with Crippen LogP contribution in [0.5, 0.6) is 5.75 Å². The van der Waals surface area contributed by atoms with Gasteiger partial charge in [0.05, 0.1) is 33.6 Å². The summed E-state index contributed by atoms with van der Waals surface area (Å²) in [5.74, 6) is 0.106. The summed E-state index contributed by atoms with van der Waals surface area (Å²) in [5, 5.41) is 13.7. The molecule has 1 aliphatic rings. The Hall–Kier alpha value is -2.57. The Morgan fingerprint density at radius 3 is 2.53 bits per heavy atom. The number of aromatic hydroxyl groups is 1. The van der Waals surface area contributed by atoms with Crippen molar-refractivity contribution in [3.05, 3.63) is 46.1 Å². The van der Waals surface area contributed by atoms with Gasteiger partial charge in [0.2, 0.25) is 0 Å². The van der Waals surface area contributed by atoms with E-state index in [1.807, 2.05) is 12.1 Å². The molecule has 0 radical (unpaired) electrons. The molecule has 0 bridgehead atoms. The van der Waals surface area contributed by atoms with Crippen molar-refractivity contribution in [1.29, 1.82) is 0 Å². The first kappa shape index (κ1) is 22.6. The van der Waals surface area contributed by atoms with E-state index in [9.17, 15) is 9.90 Å². The summed E-state index contributed by atoms with van der Waals surface area (Å²) in [6.45, 7) is 4.32. The van der Waals surface area contributed by atoms with Gasteiger partial charge in [-0.1, -0.05) is 30.1 Å². The number of carbonyl (C=O) groups is 1. The van der Waals surface area contributed by atoms with Crippen LogP contribution in [0.3, 0.4) is 0 Å². The SMILES string of the molecule is CCOC(=O)c1cnc2ccc(-c3cc(Cl)c(O)c(Cl)c3)nc2c1NC1CCC(C)CC1. The molecule has 0 unspecified atom stereocenters. The van der Waals surface area contributed by atoms with Gasteiger partial charge in [0.1, 0.15) is 11.1 Å².